The largest absolute Gasteiger partial charge is 0.330 e. The lowest BCUT2D eigenvalue weighted by atomic mass is 9.84. The van der Waals surface area contributed by atoms with Gasteiger partial charge in [-0.25, -0.2) is 0 Å². The van der Waals surface area contributed by atoms with Gasteiger partial charge < -0.3 is 11.1 Å². The van der Waals surface area contributed by atoms with E-state index in [1.165, 1.54) is 25.8 Å². The molecule has 0 saturated heterocycles. The molecule has 72 valence electrons. The van der Waals surface area contributed by atoms with Crippen molar-refractivity contribution in [2.45, 2.75) is 30.4 Å². The zero-order valence-corrected chi connectivity index (χ0v) is 8.75. The Labute approximate surface area is 79.7 Å². The minimum atomic E-state index is 0.578. The van der Waals surface area contributed by atoms with E-state index in [9.17, 15) is 0 Å². The Kier molecular flexibility index (Phi) is 4.40. The lowest BCUT2D eigenvalue weighted by Crippen LogP contribution is -2.43. The molecule has 1 saturated carbocycles. The Morgan fingerprint density at radius 3 is 2.67 bits per heavy atom. The Hall–Kier alpha value is 0.270. The molecular weight excluding hydrogens is 168 g/mol. The first kappa shape index (κ1) is 10.4. The van der Waals surface area contributed by atoms with Crippen molar-refractivity contribution >= 4 is 11.8 Å². The SMILES string of the molecule is CSC1(CNCCCN)CCC1. The highest BCUT2D eigenvalue weighted by Gasteiger charge is 2.35. The fourth-order valence-corrected chi connectivity index (χ4v) is 2.51. The normalized spacial score (nSPS) is 20.5. The van der Waals surface area contributed by atoms with Gasteiger partial charge in [-0.2, -0.15) is 11.8 Å². The van der Waals surface area contributed by atoms with E-state index in [1.807, 2.05) is 11.8 Å². The summed E-state index contributed by atoms with van der Waals surface area (Å²) in [5.41, 5.74) is 5.41. The molecule has 0 bridgehead atoms. The van der Waals surface area contributed by atoms with Crippen LogP contribution in [0.15, 0.2) is 0 Å². The third kappa shape index (κ3) is 2.64. The molecule has 1 aliphatic rings. The summed E-state index contributed by atoms with van der Waals surface area (Å²) >= 11 is 2.02. The molecule has 2 nitrogen and oxygen atoms in total. The molecule has 0 heterocycles. The van der Waals surface area contributed by atoms with Crippen molar-refractivity contribution < 1.29 is 0 Å². The molecule has 0 radical (unpaired) electrons. The van der Waals surface area contributed by atoms with E-state index in [0.717, 1.165) is 19.5 Å². The maximum absolute atomic E-state index is 5.41. The summed E-state index contributed by atoms with van der Waals surface area (Å²) in [5.74, 6) is 0. The molecule has 0 unspecified atom stereocenters. The average molecular weight is 188 g/mol. The number of thioether (sulfide) groups is 1. The second-order valence-electron chi connectivity index (χ2n) is 3.56. The van der Waals surface area contributed by atoms with Gasteiger partial charge in [-0.05, 0) is 38.6 Å². The smallest absolute Gasteiger partial charge is 0.0281 e. The average Bonchev–Trinajstić information content (AvgIpc) is 2.02. The Morgan fingerprint density at radius 1 is 1.50 bits per heavy atom. The molecule has 0 aromatic carbocycles. The topological polar surface area (TPSA) is 38.0 Å². The molecule has 3 N–H and O–H groups in total. The van der Waals surface area contributed by atoms with Crippen LogP contribution in [0.2, 0.25) is 0 Å². The van der Waals surface area contributed by atoms with Gasteiger partial charge in [0, 0.05) is 11.3 Å². The second kappa shape index (κ2) is 5.10. The monoisotopic (exact) mass is 188 g/mol. The summed E-state index contributed by atoms with van der Waals surface area (Å²) in [6, 6.07) is 0. The van der Waals surface area contributed by atoms with E-state index in [-0.39, 0.29) is 0 Å². The van der Waals surface area contributed by atoms with Crippen molar-refractivity contribution in [1.82, 2.24) is 5.32 Å². The molecule has 0 aromatic rings. The van der Waals surface area contributed by atoms with E-state index < -0.39 is 0 Å². The van der Waals surface area contributed by atoms with Gasteiger partial charge in [-0.3, -0.25) is 0 Å². The molecule has 0 atom stereocenters. The van der Waals surface area contributed by atoms with E-state index in [4.69, 9.17) is 5.73 Å². The van der Waals surface area contributed by atoms with Crippen molar-refractivity contribution in [2.24, 2.45) is 5.73 Å². The van der Waals surface area contributed by atoms with Crippen LogP contribution < -0.4 is 11.1 Å². The molecule has 1 aliphatic carbocycles. The zero-order valence-electron chi connectivity index (χ0n) is 7.94. The number of hydrogen-bond donors (Lipinski definition) is 2. The first-order chi connectivity index (χ1) is 5.83. The van der Waals surface area contributed by atoms with Crippen molar-refractivity contribution in [1.29, 1.82) is 0 Å². The van der Waals surface area contributed by atoms with Gasteiger partial charge in [0.15, 0.2) is 0 Å². The Balaban J connectivity index is 2.04. The van der Waals surface area contributed by atoms with Gasteiger partial charge in [0.1, 0.15) is 0 Å². The number of nitrogens with one attached hydrogen (secondary N) is 1. The summed E-state index contributed by atoms with van der Waals surface area (Å²) < 4.78 is 0.578. The summed E-state index contributed by atoms with van der Waals surface area (Å²) in [5, 5.41) is 3.48. The molecule has 0 amide bonds. The molecule has 0 spiro atoms. The Bertz CT molecular complexity index is 118. The highest BCUT2D eigenvalue weighted by molar-refractivity contribution is 8.00. The van der Waals surface area contributed by atoms with Gasteiger partial charge in [0.2, 0.25) is 0 Å². The molecule has 12 heavy (non-hydrogen) atoms. The first-order valence-corrected chi connectivity index (χ1v) is 6.01. The summed E-state index contributed by atoms with van der Waals surface area (Å²) in [4.78, 5) is 0. The van der Waals surface area contributed by atoms with Crippen molar-refractivity contribution in [3.63, 3.8) is 0 Å². The van der Waals surface area contributed by atoms with Crippen LogP contribution in [0.3, 0.4) is 0 Å². The van der Waals surface area contributed by atoms with Crippen molar-refractivity contribution in [2.75, 3.05) is 25.9 Å². The van der Waals surface area contributed by atoms with Crippen molar-refractivity contribution in [3.8, 4) is 0 Å². The van der Waals surface area contributed by atoms with Crippen LogP contribution in [0.5, 0.6) is 0 Å². The quantitative estimate of drug-likeness (QED) is 0.615. The maximum atomic E-state index is 5.41. The van der Waals surface area contributed by atoms with Crippen LogP contribution >= 0.6 is 11.8 Å². The third-order valence-corrected chi connectivity index (χ3v) is 4.12. The number of rotatable bonds is 6. The van der Waals surface area contributed by atoms with Crippen LogP contribution in [0.1, 0.15) is 25.7 Å². The maximum Gasteiger partial charge on any atom is 0.0281 e. The predicted molar refractivity (Wildman–Crippen MR) is 56.6 cm³/mol. The van der Waals surface area contributed by atoms with Gasteiger partial charge in [-0.15, -0.1) is 0 Å². The van der Waals surface area contributed by atoms with Crippen LogP contribution in [0, 0.1) is 0 Å². The van der Waals surface area contributed by atoms with Crippen LogP contribution in [0.4, 0.5) is 0 Å². The third-order valence-electron chi connectivity index (χ3n) is 2.70. The molecule has 3 heteroatoms. The van der Waals surface area contributed by atoms with Gasteiger partial charge in [0.25, 0.3) is 0 Å². The molecular formula is C9H20N2S. The first-order valence-electron chi connectivity index (χ1n) is 4.79. The van der Waals surface area contributed by atoms with E-state index in [0.29, 0.717) is 4.75 Å². The highest BCUT2D eigenvalue weighted by Crippen LogP contribution is 2.41. The standard InChI is InChI=1S/C9H20N2S/c1-12-9(4-2-5-9)8-11-7-3-6-10/h11H,2-8,10H2,1H3. The minimum absolute atomic E-state index is 0.578. The van der Waals surface area contributed by atoms with Gasteiger partial charge >= 0.3 is 0 Å². The number of hydrogen-bond acceptors (Lipinski definition) is 3. The van der Waals surface area contributed by atoms with Gasteiger partial charge in [0.05, 0.1) is 0 Å². The van der Waals surface area contributed by atoms with Crippen molar-refractivity contribution in [3.05, 3.63) is 0 Å². The van der Waals surface area contributed by atoms with Gasteiger partial charge in [-0.1, -0.05) is 6.42 Å². The molecule has 0 aromatic heterocycles. The fraction of sp³-hybridized carbons (Fsp3) is 1.00. The Morgan fingerprint density at radius 2 is 2.25 bits per heavy atom. The fourth-order valence-electron chi connectivity index (χ4n) is 1.57. The van der Waals surface area contributed by atoms with Crippen LogP contribution in [0.25, 0.3) is 0 Å². The van der Waals surface area contributed by atoms with E-state index >= 15 is 0 Å². The van der Waals surface area contributed by atoms with E-state index in [1.54, 1.807) is 0 Å². The van der Waals surface area contributed by atoms with E-state index in [2.05, 4.69) is 11.6 Å². The lowest BCUT2D eigenvalue weighted by Gasteiger charge is -2.40. The summed E-state index contributed by atoms with van der Waals surface area (Å²) in [7, 11) is 0. The number of nitrogens with two attached hydrogens (primary N) is 1. The minimum Gasteiger partial charge on any atom is -0.330 e. The molecule has 1 fully saturated rings. The van der Waals surface area contributed by atoms with Crippen LogP contribution in [-0.2, 0) is 0 Å². The summed E-state index contributed by atoms with van der Waals surface area (Å²) in [6.07, 6.45) is 7.53. The second-order valence-corrected chi connectivity index (χ2v) is 4.83. The molecule has 1 rings (SSSR count). The lowest BCUT2D eigenvalue weighted by molar-refractivity contribution is 0.346. The van der Waals surface area contributed by atoms with Crippen LogP contribution in [-0.4, -0.2) is 30.6 Å². The molecule has 0 aliphatic heterocycles. The zero-order chi connectivity index (χ0) is 8.86. The highest BCUT2D eigenvalue weighted by atomic mass is 32.2. The predicted octanol–water partition coefficient (Wildman–Crippen LogP) is 1.21. The summed E-state index contributed by atoms with van der Waals surface area (Å²) in [6.45, 7) is 3.06.